The first kappa shape index (κ1) is 25.3. The number of methoxy groups -OCH3 is 2. The van der Waals surface area contributed by atoms with Gasteiger partial charge in [-0.25, -0.2) is 5.43 Å². The Labute approximate surface area is 206 Å². The van der Waals surface area contributed by atoms with Crippen molar-refractivity contribution in [1.82, 2.24) is 5.43 Å². The fourth-order valence-corrected chi connectivity index (χ4v) is 3.58. The molecule has 3 rings (SSSR count). The van der Waals surface area contributed by atoms with Crippen LogP contribution in [0.3, 0.4) is 0 Å². The highest BCUT2D eigenvalue weighted by Crippen LogP contribution is 2.28. The van der Waals surface area contributed by atoms with Gasteiger partial charge in [0.25, 0.3) is 0 Å². The lowest BCUT2D eigenvalue weighted by Gasteiger charge is -2.12. The molecule has 0 heterocycles. The smallest absolute Gasteiger partial charge is 0.240 e. The molecule has 0 aliphatic rings. The van der Waals surface area contributed by atoms with Crippen LogP contribution in [0, 0.1) is 18.3 Å². The van der Waals surface area contributed by atoms with Gasteiger partial charge in [0.2, 0.25) is 5.91 Å². The van der Waals surface area contributed by atoms with Crippen LogP contribution >= 0.6 is 0 Å². The molecule has 0 aliphatic carbocycles. The third-order valence-electron chi connectivity index (χ3n) is 5.44. The molecule has 7 heteroatoms. The zero-order valence-electron chi connectivity index (χ0n) is 20.2. The minimum Gasteiger partial charge on any atom is -0.496 e. The Morgan fingerprint density at radius 3 is 2.54 bits per heavy atom. The van der Waals surface area contributed by atoms with Crippen molar-refractivity contribution in [2.24, 2.45) is 5.10 Å². The third kappa shape index (κ3) is 7.34. The maximum Gasteiger partial charge on any atom is 0.240 e. The number of benzene rings is 3. The molecule has 0 atom stereocenters. The van der Waals surface area contributed by atoms with Crippen molar-refractivity contribution in [2.45, 2.75) is 32.8 Å². The first-order valence-corrected chi connectivity index (χ1v) is 11.3. The molecular formula is C28H29N3O4. The molecule has 180 valence electrons. The van der Waals surface area contributed by atoms with Crippen LogP contribution in [-0.2, 0) is 17.8 Å². The van der Waals surface area contributed by atoms with Gasteiger partial charge in [-0.05, 0) is 66.8 Å². The molecule has 0 saturated carbocycles. The second-order valence-corrected chi connectivity index (χ2v) is 7.92. The summed E-state index contributed by atoms with van der Waals surface area (Å²) in [4.78, 5) is 12.1. The zero-order valence-corrected chi connectivity index (χ0v) is 20.2. The number of hydrogen-bond donors (Lipinski definition) is 1. The number of aryl methyl sites for hydroxylation is 2. The number of nitrogens with zero attached hydrogens (tertiary/aromatic N) is 2. The van der Waals surface area contributed by atoms with E-state index in [1.807, 2.05) is 43.3 Å². The highest BCUT2D eigenvalue weighted by Gasteiger charge is 2.08. The summed E-state index contributed by atoms with van der Waals surface area (Å²) in [7, 11) is 3.21. The van der Waals surface area contributed by atoms with Gasteiger partial charge in [0, 0.05) is 12.0 Å². The second kappa shape index (κ2) is 12.8. The molecule has 0 fully saturated rings. The fraction of sp³-hybridized carbons (Fsp3) is 0.250. The van der Waals surface area contributed by atoms with Crippen LogP contribution in [0.4, 0.5) is 0 Å². The minimum atomic E-state index is -0.144. The number of hydrazone groups is 1. The Bertz CT molecular complexity index is 1230. The highest BCUT2D eigenvalue weighted by atomic mass is 16.5. The molecule has 0 spiro atoms. The number of nitrogens with one attached hydrogen (secondary N) is 1. The lowest BCUT2D eigenvalue weighted by molar-refractivity contribution is -0.121. The standard InChI is InChI=1S/C28H29N3O4/c1-20-15-21(11-13-25(20)33-2)7-6-10-28(32)31-30-18-22-12-14-26(27(16-22)34-3)35-19-24-9-5-4-8-23(24)17-29/h4-5,8-9,11-16,18H,6-7,10,19H2,1-3H3,(H,31,32). The summed E-state index contributed by atoms with van der Waals surface area (Å²) in [5.41, 5.74) is 6.94. The largest absolute Gasteiger partial charge is 0.496 e. The van der Waals surface area contributed by atoms with E-state index in [0.717, 1.165) is 35.3 Å². The predicted molar refractivity (Wildman–Crippen MR) is 135 cm³/mol. The topological polar surface area (TPSA) is 92.9 Å². The van der Waals surface area contributed by atoms with Gasteiger partial charge in [0.1, 0.15) is 12.4 Å². The van der Waals surface area contributed by atoms with E-state index in [-0.39, 0.29) is 12.5 Å². The summed E-state index contributed by atoms with van der Waals surface area (Å²) in [6.45, 7) is 2.25. The van der Waals surface area contributed by atoms with Crippen molar-refractivity contribution >= 4 is 12.1 Å². The molecule has 3 aromatic rings. The van der Waals surface area contributed by atoms with Gasteiger partial charge in [0.05, 0.1) is 32.1 Å². The molecule has 0 aromatic heterocycles. The number of carbonyl (C=O) groups excluding carboxylic acids is 1. The number of rotatable bonds is 11. The first-order chi connectivity index (χ1) is 17.0. The lowest BCUT2D eigenvalue weighted by atomic mass is 10.1. The summed E-state index contributed by atoms with van der Waals surface area (Å²) < 4.78 is 16.6. The predicted octanol–water partition coefficient (Wildman–Crippen LogP) is 4.94. The Morgan fingerprint density at radius 2 is 1.80 bits per heavy atom. The quantitative estimate of drug-likeness (QED) is 0.316. The third-order valence-corrected chi connectivity index (χ3v) is 5.44. The molecule has 0 unspecified atom stereocenters. The van der Waals surface area contributed by atoms with Gasteiger partial charge >= 0.3 is 0 Å². The van der Waals surface area contributed by atoms with Crippen LogP contribution in [0.2, 0.25) is 0 Å². The summed E-state index contributed by atoms with van der Waals surface area (Å²) in [5, 5.41) is 13.3. The highest BCUT2D eigenvalue weighted by molar-refractivity contribution is 5.83. The van der Waals surface area contributed by atoms with Crippen molar-refractivity contribution in [2.75, 3.05) is 14.2 Å². The van der Waals surface area contributed by atoms with Crippen LogP contribution in [0.25, 0.3) is 0 Å². The normalized spacial score (nSPS) is 10.6. The lowest BCUT2D eigenvalue weighted by Crippen LogP contribution is -2.17. The monoisotopic (exact) mass is 471 g/mol. The maximum absolute atomic E-state index is 12.1. The van der Waals surface area contributed by atoms with Crippen LogP contribution in [0.5, 0.6) is 17.2 Å². The van der Waals surface area contributed by atoms with Crippen molar-refractivity contribution in [1.29, 1.82) is 5.26 Å². The molecule has 3 aromatic carbocycles. The molecule has 0 radical (unpaired) electrons. The van der Waals surface area contributed by atoms with Gasteiger partial charge in [-0.1, -0.05) is 30.3 Å². The zero-order chi connectivity index (χ0) is 25.0. The Hall–Kier alpha value is -4.31. The second-order valence-electron chi connectivity index (χ2n) is 7.92. The molecule has 0 saturated heterocycles. The number of amides is 1. The van der Waals surface area contributed by atoms with Crippen molar-refractivity contribution in [3.63, 3.8) is 0 Å². The van der Waals surface area contributed by atoms with Crippen molar-refractivity contribution < 1.29 is 19.0 Å². The molecule has 35 heavy (non-hydrogen) atoms. The molecule has 1 N–H and O–H groups in total. The Kier molecular flexibility index (Phi) is 9.26. The van der Waals surface area contributed by atoms with Crippen LogP contribution < -0.4 is 19.6 Å². The van der Waals surface area contributed by atoms with E-state index < -0.39 is 0 Å². The molecular weight excluding hydrogens is 442 g/mol. The fourth-order valence-electron chi connectivity index (χ4n) is 3.58. The van der Waals surface area contributed by atoms with E-state index in [4.69, 9.17) is 14.2 Å². The molecule has 0 aliphatic heterocycles. The number of nitriles is 1. The Balaban J connectivity index is 1.49. The number of ether oxygens (including phenoxy) is 3. The summed E-state index contributed by atoms with van der Waals surface area (Å²) >= 11 is 0. The van der Waals surface area contributed by atoms with Crippen molar-refractivity contribution in [3.05, 3.63) is 88.5 Å². The van der Waals surface area contributed by atoms with Gasteiger partial charge in [-0.3, -0.25) is 4.79 Å². The Morgan fingerprint density at radius 1 is 1.03 bits per heavy atom. The van der Waals surface area contributed by atoms with Gasteiger partial charge in [-0.15, -0.1) is 0 Å². The maximum atomic E-state index is 12.1. The summed E-state index contributed by atoms with van der Waals surface area (Å²) in [6.07, 6.45) is 3.46. The molecule has 7 nitrogen and oxygen atoms in total. The van der Waals surface area contributed by atoms with E-state index in [9.17, 15) is 10.1 Å². The van der Waals surface area contributed by atoms with Gasteiger partial charge in [0.15, 0.2) is 11.5 Å². The summed E-state index contributed by atoms with van der Waals surface area (Å²) in [5.74, 6) is 1.80. The van der Waals surface area contributed by atoms with Crippen LogP contribution in [0.1, 0.15) is 40.7 Å². The average Bonchev–Trinajstić information content (AvgIpc) is 2.88. The molecule has 1 amide bonds. The first-order valence-electron chi connectivity index (χ1n) is 11.3. The van der Waals surface area contributed by atoms with Crippen LogP contribution in [-0.4, -0.2) is 26.3 Å². The van der Waals surface area contributed by atoms with E-state index in [1.54, 1.807) is 38.6 Å². The van der Waals surface area contributed by atoms with E-state index in [2.05, 4.69) is 22.7 Å². The number of carbonyl (C=O) groups is 1. The van der Waals surface area contributed by atoms with E-state index in [1.165, 1.54) is 5.56 Å². The van der Waals surface area contributed by atoms with E-state index >= 15 is 0 Å². The molecule has 0 bridgehead atoms. The van der Waals surface area contributed by atoms with E-state index in [0.29, 0.717) is 23.5 Å². The average molecular weight is 472 g/mol. The number of hydrogen-bond acceptors (Lipinski definition) is 6. The van der Waals surface area contributed by atoms with Gasteiger partial charge in [-0.2, -0.15) is 10.4 Å². The SMILES string of the molecule is COc1ccc(CCCC(=O)NN=Cc2ccc(OCc3ccccc3C#N)c(OC)c2)cc1C. The van der Waals surface area contributed by atoms with Crippen molar-refractivity contribution in [3.8, 4) is 23.3 Å². The summed E-state index contributed by atoms with van der Waals surface area (Å²) in [6, 6.07) is 20.9. The van der Waals surface area contributed by atoms with Crippen LogP contribution in [0.15, 0.2) is 65.8 Å². The minimum absolute atomic E-state index is 0.144. The van der Waals surface area contributed by atoms with Gasteiger partial charge < -0.3 is 14.2 Å².